The van der Waals surface area contributed by atoms with E-state index < -0.39 is 0 Å². The van der Waals surface area contributed by atoms with Crippen molar-refractivity contribution in [2.75, 3.05) is 0 Å². The van der Waals surface area contributed by atoms with Gasteiger partial charge in [0.1, 0.15) is 5.75 Å². The summed E-state index contributed by atoms with van der Waals surface area (Å²) in [5, 5.41) is 0. The van der Waals surface area contributed by atoms with E-state index in [4.69, 9.17) is 4.74 Å². The average molecular weight is 246 g/mol. The maximum absolute atomic E-state index is 6.27. The normalized spacial score (nSPS) is 28.4. The van der Waals surface area contributed by atoms with Crippen LogP contribution in [-0.2, 0) is 0 Å². The summed E-state index contributed by atoms with van der Waals surface area (Å²) in [5.41, 5.74) is 1.34. The summed E-state index contributed by atoms with van der Waals surface area (Å²) < 4.78 is 6.27. The maximum atomic E-state index is 6.27. The standard InChI is InChI=1S/C17H26O/c1-12(2)16-7-5-6-8-17(16)18-15-10-9-13(3)14(4)11-15/h5-8,12-15H,9-11H2,1-4H3. The van der Waals surface area contributed by atoms with Crippen LogP contribution in [0.15, 0.2) is 24.3 Å². The quantitative estimate of drug-likeness (QED) is 0.728. The molecule has 0 bridgehead atoms. The van der Waals surface area contributed by atoms with Crippen molar-refractivity contribution in [2.24, 2.45) is 11.8 Å². The van der Waals surface area contributed by atoms with Crippen LogP contribution in [0.4, 0.5) is 0 Å². The first-order chi connectivity index (χ1) is 8.58. The Bertz CT molecular complexity index is 383. The van der Waals surface area contributed by atoms with E-state index in [9.17, 15) is 0 Å². The lowest BCUT2D eigenvalue weighted by atomic mass is 9.80. The molecule has 100 valence electrons. The molecule has 1 aromatic rings. The van der Waals surface area contributed by atoms with Gasteiger partial charge in [0.15, 0.2) is 0 Å². The molecule has 0 spiro atoms. The van der Waals surface area contributed by atoms with Crippen LogP contribution in [0.2, 0.25) is 0 Å². The molecule has 1 heteroatoms. The second-order valence-electron chi connectivity index (χ2n) is 6.20. The average Bonchev–Trinajstić information content (AvgIpc) is 2.34. The minimum absolute atomic E-state index is 0.413. The van der Waals surface area contributed by atoms with Crippen molar-refractivity contribution in [3.63, 3.8) is 0 Å². The summed E-state index contributed by atoms with van der Waals surface area (Å²) in [6, 6.07) is 8.50. The Kier molecular flexibility index (Phi) is 4.31. The molecule has 1 fully saturated rings. The van der Waals surface area contributed by atoms with Crippen LogP contribution in [-0.4, -0.2) is 6.10 Å². The van der Waals surface area contributed by atoms with E-state index in [0.29, 0.717) is 12.0 Å². The molecule has 0 aromatic heterocycles. The highest BCUT2D eigenvalue weighted by molar-refractivity contribution is 5.35. The van der Waals surface area contributed by atoms with Crippen molar-refractivity contribution in [3.8, 4) is 5.75 Å². The molecule has 0 saturated heterocycles. The molecule has 1 aromatic carbocycles. The monoisotopic (exact) mass is 246 g/mol. The van der Waals surface area contributed by atoms with Crippen molar-refractivity contribution in [2.45, 2.75) is 59.0 Å². The van der Waals surface area contributed by atoms with E-state index in [1.807, 2.05) is 0 Å². The predicted octanol–water partition coefficient (Wildman–Crippen LogP) is 5.01. The molecule has 3 unspecified atom stereocenters. The smallest absolute Gasteiger partial charge is 0.123 e. The molecule has 0 N–H and O–H groups in total. The molecule has 0 amide bonds. The molecule has 1 aliphatic rings. The Morgan fingerprint density at radius 3 is 2.44 bits per heavy atom. The van der Waals surface area contributed by atoms with Gasteiger partial charge in [-0.25, -0.2) is 0 Å². The number of hydrogen-bond donors (Lipinski definition) is 0. The fourth-order valence-corrected chi connectivity index (χ4v) is 2.85. The van der Waals surface area contributed by atoms with Gasteiger partial charge in [0, 0.05) is 0 Å². The number of hydrogen-bond acceptors (Lipinski definition) is 1. The van der Waals surface area contributed by atoms with Crippen LogP contribution in [0.5, 0.6) is 5.75 Å². The zero-order chi connectivity index (χ0) is 13.1. The summed E-state index contributed by atoms with van der Waals surface area (Å²) in [5.74, 6) is 3.26. The highest BCUT2D eigenvalue weighted by atomic mass is 16.5. The Hall–Kier alpha value is -0.980. The molecule has 1 saturated carbocycles. The van der Waals surface area contributed by atoms with Gasteiger partial charge in [0.05, 0.1) is 6.10 Å². The first-order valence-corrected chi connectivity index (χ1v) is 7.33. The molecule has 0 radical (unpaired) electrons. The highest BCUT2D eigenvalue weighted by Crippen LogP contribution is 2.34. The van der Waals surface area contributed by atoms with Gasteiger partial charge in [0.2, 0.25) is 0 Å². The molecular formula is C17H26O. The Labute approximate surface area is 112 Å². The summed E-state index contributed by atoms with van der Waals surface area (Å²) in [7, 11) is 0. The Morgan fingerprint density at radius 1 is 1.06 bits per heavy atom. The molecule has 1 nitrogen and oxygen atoms in total. The minimum atomic E-state index is 0.413. The van der Waals surface area contributed by atoms with Crippen LogP contribution in [0.25, 0.3) is 0 Å². The van der Waals surface area contributed by atoms with Gasteiger partial charge in [-0.1, -0.05) is 45.9 Å². The van der Waals surface area contributed by atoms with Gasteiger partial charge in [-0.2, -0.15) is 0 Å². The van der Waals surface area contributed by atoms with E-state index in [-0.39, 0.29) is 0 Å². The molecule has 1 aliphatic carbocycles. The second-order valence-corrected chi connectivity index (χ2v) is 6.20. The third-order valence-electron chi connectivity index (χ3n) is 4.38. The fourth-order valence-electron chi connectivity index (χ4n) is 2.85. The minimum Gasteiger partial charge on any atom is -0.490 e. The lowest BCUT2D eigenvalue weighted by Crippen LogP contribution is -2.29. The first-order valence-electron chi connectivity index (χ1n) is 7.33. The van der Waals surface area contributed by atoms with Gasteiger partial charge in [-0.15, -0.1) is 0 Å². The van der Waals surface area contributed by atoms with Crippen molar-refractivity contribution in [1.82, 2.24) is 0 Å². The topological polar surface area (TPSA) is 9.23 Å². The zero-order valence-corrected chi connectivity index (χ0v) is 12.1. The molecule has 3 atom stereocenters. The van der Waals surface area contributed by atoms with Gasteiger partial charge in [-0.05, 0) is 48.6 Å². The van der Waals surface area contributed by atoms with Crippen molar-refractivity contribution < 1.29 is 4.74 Å². The summed E-state index contributed by atoms with van der Waals surface area (Å²) in [6.45, 7) is 9.18. The second kappa shape index (κ2) is 5.77. The molecule has 2 rings (SSSR count). The van der Waals surface area contributed by atoms with Crippen molar-refractivity contribution >= 4 is 0 Å². The van der Waals surface area contributed by atoms with Crippen molar-refractivity contribution in [3.05, 3.63) is 29.8 Å². The van der Waals surface area contributed by atoms with E-state index in [1.54, 1.807) is 0 Å². The first kappa shape index (κ1) is 13.5. The number of para-hydroxylation sites is 1. The van der Waals surface area contributed by atoms with Crippen LogP contribution in [0, 0.1) is 11.8 Å². The van der Waals surface area contributed by atoms with Crippen molar-refractivity contribution in [1.29, 1.82) is 0 Å². The van der Waals surface area contributed by atoms with Crippen LogP contribution < -0.4 is 4.74 Å². The van der Waals surface area contributed by atoms with Crippen LogP contribution in [0.3, 0.4) is 0 Å². The fraction of sp³-hybridized carbons (Fsp3) is 0.647. The number of benzene rings is 1. The van der Waals surface area contributed by atoms with E-state index in [1.165, 1.54) is 24.8 Å². The van der Waals surface area contributed by atoms with Crippen LogP contribution >= 0.6 is 0 Å². The zero-order valence-electron chi connectivity index (χ0n) is 12.1. The molecule has 0 heterocycles. The van der Waals surface area contributed by atoms with E-state index >= 15 is 0 Å². The van der Waals surface area contributed by atoms with Gasteiger partial charge in [0.25, 0.3) is 0 Å². The van der Waals surface area contributed by atoms with Crippen LogP contribution in [0.1, 0.15) is 58.4 Å². The maximum Gasteiger partial charge on any atom is 0.123 e. The number of ether oxygens (including phenoxy) is 1. The number of rotatable bonds is 3. The lowest BCUT2D eigenvalue weighted by molar-refractivity contribution is 0.0995. The SMILES string of the molecule is CC(C)c1ccccc1OC1CCC(C)C(C)C1. The summed E-state index contributed by atoms with van der Waals surface area (Å²) in [6.07, 6.45) is 4.12. The third-order valence-corrected chi connectivity index (χ3v) is 4.38. The van der Waals surface area contributed by atoms with Gasteiger partial charge >= 0.3 is 0 Å². The molecule has 0 aliphatic heterocycles. The molecule has 18 heavy (non-hydrogen) atoms. The Balaban J connectivity index is 2.06. The third kappa shape index (κ3) is 3.07. The highest BCUT2D eigenvalue weighted by Gasteiger charge is 2.26. The van der Waals surface area contributed by atoms with Gasteiger partial charge in [-0.3, -0.25) is 0 Å². The lowest BCUT2D eigenvalue weighted by Gasteiger charge is -2.33. The van der Waals surface area contributed by atoms with E-state index in [0.717, 1.165) is 17.6 Å². The largest absolute Gasteiger partial charge is 0.490 e. The predicted molar refractivity (Wildman–Crippen MR) is 77.1 cm³/mol. The molecular weight excluding hydrogens is 220 g/mol. The Morgan fingerprint density at radius 2 is 1.78 bits per heavy atom. The summed E-state index contributed by atoms with van der Waals surface area (Å²) >= 11 is 0. The summed E-state index contributed by atoms with van der Waals surface area (Å²) in [4.78, 5) is 0. The van der Waals surface area contributed by atoms with E-state index in [2.05, 4.69) is 52.0 Å². The van der Waals surface area contributed by atoms with Gasteiger partial charge < -0.3 is 4.74 Å².